The number of ether oxygens (including phenoxy) is 1. The molecule has 100 valence electrons. The zero-order chi connectivity index (χ0) is 13.9. The highest BCUT2D eigenvalue weighted by molar-refractivity contribution is 5.82. The molecule has 0 amide bonds. The van der Waals surface area contributed by atoms with Gasteiger partial charge >= 0.3 is 5.97 Å². The number of aliphatic hydroxyl groups excluding tert-OH is 1. The Kier molecular flexibility index (Phi) is 4.35. The summed E-state index contributed by atoms with van der Waals surface area (Å²) in [6.07, 6.45) is 0. The van der Waals surface area contributed by atoms with E-state index in [0.717, 1.165) is 5.56 Å². The average Bonchev–Trinajstić information content (AvgIpc) is 2.36. The second-order valence-electron chi connectivity index (χ2n) is 4.91. The van der Waals surface area contributed by atoms with Gasteiger partial charge in [-0.15, -0.1) is 0 Å². The van der Waals surface area contributed by atoms with Crippen LogP contribution in [-0.2, 0) is 10.2 Å². The molecule has 1 rings (SSSR count). The van der Waals surface area contributed by atoms with E-state index in [1.807, 2.05) is 12.1 Å². The molecule has 18 heavy (non-hydrogen) atoms. The lowest BCUT2D eigenvalue weighted by molar-refractivity contribution is -0.144. The van der Waals surface area contributed by atoms with Gasteiger partial charge in [0, 0.05) is 5.56 Å². The third-order valence-electron chi connectivity index (χ3n) is 3.27. The van der Waals surface area contributed by atoms with E-state index in [9.17, 15) is 15.0 Å². The largest absolute Gasteiger partial charge is 0.496 e. The van der Waals surface area contributed by atoms with Crippen molar-refractivity contribution in [1.82, 2.24) is 0 Å². The number of hydrogen-bond acceptors (Lipinski definition) is 3. The van der Waals surface area contributed by atoms with E-state index in [1.54, 1.807) is 6.07 Å². The molecule has 1 aromatic rings. The van der Waals surface area contributed by atoms with Crippen molar-refractivity contribution in [3.8, 4) is 5.75 Å². The second kappa shape index (κ2) is 5.40. The first-order valence-electron chi connectivity index (χ1n) is 5.89. The third-order valence-corrected chi connectivity index (χ3v) is 3.27. The summed E-state index contributed by atoms with van der Waals surface area (Å²) in [5.74, 6) is -0.237. The number of rotatable bonds is 5. The first-order chi connectivity index (χ1) is 8.36. The van der Waals surface area contributed by atoms with Crippen LogP contribution in [0.4, 0.5) is 0 Å². The molecule has 1 unspecified atom stereocenters. The lowest BCUT2D eigenvalue weighted by atomic mass is 9.81. The van der Waals surface area contributed by atoms with Crippen molar-refractivity contribution in [3.63, 3.8) is 0 Å². The van der Waals surface area contributed by atoms with Crippen LogP contribution < -0.4 is 4.74 Å². The Morgan fingerprint density at radius 1 is 1.44 bits per heavy atom. The molecular formula is C14H20O4. The minimum Gasteiger partial charge on any atom is -0.496 e. The zero-order valence-electron chi connectivity index (χ0n) is 11.2. The molecule has 0 aromatic heterocycles. The molecule has 0 aliphatic heterocycles. The summed E-state index contributed by atoms with van der Waals surface area (Å²) in [6, 6.07) is 5.43. The summed E-state index contributed by atoms with van der Waals surface area (Å²) in [4.78, 5) is 11.3. The van der Waals surface area contributed by atoms with E-state index in [1.165, 1.54) is 14.0 Å². The van der Waals surface area contributed by atoms with Crippen LogP contribution in [0, 0.1) is 0 Å². The number of aliphatic hydroxyl groups is 1. The maximum Gasteiger partial charge on any atom is 0.316 e. The number of benzene rings is 1. The number of aliphatic carboxylic acids is 1. The number of carbonyl (C=O) groups is 1. The summed E-state index contributed by atoms with van der Waals surface area (Å²) >= 11 is 0. The average molecular weight is 252 g/mol. The Morgan fingerprint density at radius 2 is 2.06 bits per heavy atom. The van der Waals surface area contributed by atoms with Gasteiger partial charge in [0.1, 0.15) is 11.2 Å². The van der Waals surface area contributed by atoms with Crippen LogP contribution in [0.15, 0.2) is 18.2 Å². The lowest BCUT2D eigenvalue weighted by Crippen LogP contribution is -2.36. The number of carboxylic acid groups (broad SMARTS) is 1. The fourth-order valence-electron chi connectivity index (χ4n) is 1.79. The third kappa shape index (κ3) is 2.48. The summed E-state index contributed by atoms with van der Waals surface area (Å²) in [5.41, 5.74) is 0.214. The van der Waals surface area contributed by atoms with Crippen LogP contribution in [0.3, 0.4) is 0 Å². The topological polar surface area (TPSA) is 66.8 Å². The van der Waals surface area contributed by atoms with Crippen LogP contribution in [-0.4, -0.2) is 29.9 Å². The van der Waals surface area contributed by atoms with Crippen molar-refractivity contribution >= 4 is 5.97 Å². The van der Waals surface area contributed by atoms with Crippen LogP contribution in [0.2, 0.25) is 0 Å². The molecule has 0 saturated carbocycles. The van der Waals surface area contributed by atoms with Gasteiger partial charge < -0.3 is 14.9 Å². The molecule has 0 saturated heterocycles. The lowest BCUT2D eigenvalue weighted by Gasteiger charge is -2.25. The molecule has 0 bridgehead atoms. The summed E-state index contributed by atoms with van der Waals surface area (Å²) in [6.45, 7) is 5.12. The Balaban J connectivity index is 3.36. The number of carboxylic acids is 1. The van der Waals surface area contributed by atoms with Gasteiger partial charge in [-0.2, -0.15) is 0 Å². The summed E-state index contributed by atoms with van der Waals surface area (Å²) < 4.78 is 5.26. The molecular weight excluding hydrogens is 232 g/mol. The Bertz CT molecular complexity index is 439. The molecule has 0 heterocycles. The molecule has 4 heteroatoms. The van der Waals surface area contributed by atoms with E-state index in [-0.39, 0.29) is 0 Å². The minimum atomic E-state index is -1.35. The standard InChI is InChI=1S/C14H20O4/c1-9(2)10-5-6-11(12(7-10)18-4)14(3,8-15)13(16)17/h5-7,9,15H,8H2,1-4H3,(H,16,17). The van der Waals surface area contributed by atoms with Gasteiger partial charge in [0.25, 0.3) is 0 Å². The van der Waals surface area contributed by atoms with Crippen LogP contribution in [0.5, 0.6) is 5.75 Å². The van der Waals surface area contributed by atoms with Gasteiger partial charge in [-0.25, -0.2) is 0 Å². The van der Waals surface area contributed by atoms with E-state index < -0.39 is 18.0 Å². The van der Waals surface area contributed by atoms with Gasteiger partial charge in [-0.3, -0.25) is 4.79 Å². The van der Waals surface area contributed by atoms with Gasteiger partial charge in [0.05, 0.1) is 13.7 Å². The molecule has 0 aliphatic rings. The fourth-order valence-corrected chi connectivity index (χ4v) is 1.79. The molecule has 1 aromatic carbocycles. The van der Waals surface area contributed by atoms with Crippen LogP contribution >= 0.6 is 0 Å². The predicted octanol–water partition coefficient (Wildman–Crippen LogP) is 2.15. The van der Waals surface area contributed by atoms with Crippen molar-refractivity contribution in [1.29, 1.82) is 0 Å². The summed E-state index contributed by atoms with van der Waals surface area (Å²) in [5, 5.41) is 18.6. The summed E-state index contributed by atoms with van der Waals surface area (Å²) in [7, 11) is 1.50. The van der Waals surface area contributed by atoms with Gasteiger partial charge in [-0.05, 0) is 24.5 Å². The Labute approximate surface area is 107 Å². The predicted molar refractivity (Wildman–Crippen MR) is 69.2 cm³/mol. The first-order valence-corrected chi connectivity index (χ1v) is 5.89. The van der Waals surface area contributed by atoms with E-state index in [4.69, 9.17) is 4.74 Å². The quantitative estimate of drug-likeness (QED) is 0.842. The molecule has 0 aliphatic carbocycles. The van der Waals surface area contributed by atoms with E-state index in [0.29, 0.717) is 17.2 Å². The highest BCUT2D eigenvalue weighted by Gasteiger charge is 2.37. The second-order valence-corrected chi connectivity index (χ2v) is 4.91. The van der Waals surface area contributed by atoms with E-state index >= 15 is 0 Å². The fraction of sp³-hybridized carbons (Fsp3) is 0.500. The smallest absolute Gasteiger partial charge is 0.316 e. The van der Waals surface area contributed by atoms with Crippen molar-refractivity contribution in [2.24, 2.45) is 0 Å². The zero-order valence-corrected chi connectivity index (χ0v) is 11.2. The Morgan fingerprint density at radius 3 is 2.44 bits per heavy atom. The molecule has 1 atom stereocenters. The molecule has 0 fully saturated rings. The van der Waals surface area contributed by atoms with Crippen molar-refractivity contribution in [3.05, 3.63) is 29.3 Å². The van der Waals surface area contributed by atoms with Crippen LogP contribution in [0.25, 0.3) is 0 Å². The minimum absolute atomic E-state index is 0.332. The Hall–Kier alpha value is -1.55. The number of hydrogen-bond donors (Lipinski definition) is 2. The molecule has 4 nitrogen and oxygen atoms in total. The SMILES string of the molecule is COc1cc(C(C)C)ccc1C(C)(CO)C(=O)O. The monoisotopic (exact) mass is 252 g/mol. The van der Waals surface area contributed by atoms with Crippen molar-refractivity contribution in [2.45, 2.75) is 32.1 Å². The molecule has 0 spiro atoms. The van der Waals surface area contributed by atoms with Gasteiger partial charge in [-0.1, -0.05) is 26.0 Å². The maximum absolute atomic E-state index is 11.3. The highest BCUT2D eigenvalue weighted by atomic mass is 16.5. The molecule has 2 N–H and O–H groups in total. The van der Waals surface area contributed by atoms with E-state index in [2.05, 4.69) is 13.8 Å². The number of methoxy groups -OCH3 is 1. The van der Waals surface area contributed by atoms with Crippen molar-refractivity contribution in [2.75, 3.05) is 13.7 Å². The van der Waals surface area contributed by atoms with Crippen LogP contribution in [0.1, 0.15) is 37.8 Å². The maximum atomic E-state index is 11.3. The van der Waals surface area contributed by atoms with Gasteiger partial charge in [0.15, 0.2) is 0 Å². The normalized spacial score (nSPS) is 14.3. The van der Waals surface area contributed by atoms with Gasteiger partial charge in [0.2, 0.25) is 0 Å². The van der Waals surface area contributed by atoms with Crippen molar-refractivity contribution < 1.29 is 19.7 Å². The highest BCUT2D eigenvalue weighted by Crippen LogP contribution is 2.34. The molecule has 0 radical (unpaired) electrons. The first kappa shape index (κ1) is 14.5.